The van der Waals surface area contributed by atoms with Crippen molar-refractivity contribution in [2.75, 3.05) is 20.7 Å². The number of benzene rings is 2. The summed E-state index contributed by atoms with van der Waals surface area (Å²) in [5.74, 6) is 2.54. The molecule has 0 aliphatic rings. The predicted octanol–water partition coefficient (Wildman–Crippen LogP) is 3.35. The van der Waals surface area contributed by atoms with Gasteiger partial charge in [0.25, 0.3) is 0 Å². The molecule has 5 heteroatoms. The van der Waals surface area contributed by atoms with Gasteiger partial charge in [0, 0.05) is 19.0 Å². The Kier molecular flexibility index (Phi) is 5.57. The lowest BCUT2D eigenvalue weighted by Crippen LogP contribution is -2.37. The molecule has 2 aromatic carbocycles. The number of hydrogen-bond acceptors (Lipinski definition) is 3. The fourth-order valence-electron chi connectivity index (χ4n) is 2.74. The number of rotatable bonds is 6. The molecule has 0 aliphatic heterocycles. The highest BCUT2D eigenvalue weighted by atomic mass is 16.5. The second-order valence-corrected chi connectivity index (χ2v) is 5.66. The Labute approximate surface area is 147 Å². The van der Waals surface area contributed by atoms with Gasteiger partial charge in [-0.2, -0.15) is 0 Å². The van der Waals surface area contributed by atoms with Crippen LogP contribution in [0.1, 0.15) is 11.3 Å². The maximum absolute atomic E-state index is 5.81. The third-order valence-electron chi connectivity index (χ3n) is 4.01. The molecule has 0 radical (unpaired) electrons. The highest BCUT2D eigenvalue weighted by Crippen LogP contribution is 2.18. The largest absolute Gasteiger partial charge is 0.496 e. The van der Waals surface area contributed by atoms with E-state index in [1.807, 2.05) is 48.5 Å². The number of aliphatic imine (C=N–C) groups is 1. The number of fused-ring (bicyclic) bond motifs is 1. The van der Waals surface area contributed by atoms with Crippen LogP contribution in [0.25, 0.3) is 11.0 Å². The second-order valence-electron chi connectivity index (χ2n) is 5.66. The Hall–Kier alpha value is -2.95. The van der Waals surface area contributed by atoms with Gasteiger partial charge < -0.3 is 19.8 Å². The Bertz CT molecular complexity index is 822. The average molecular weight is 337 g/mol. The Morgan fingerprint density at radius 2 is 1.88 bits per heavy atom. The van der Waals surface area contributed by atoms with Crippen LogP contribution in [-0.4, -0.2) is 26.7 Å². The van der Waals surface area contributed by atoms with Gasteiger partial charge in [-0.1, -0.05) is 36.4 Å². The molecule has 25 heavy (non-hydrogen) atoms. The van der Waals surface area contributed by atoms with Crippen LogP contribution in [0.4, 0.5) is 0 Å². The first kappa shape index (κ1) is 16.9. The van der Waals surface area contributed by atoms with E-state index >= 15 is 0 Å². The van der Waals surface area contributed by atoms with Gasteiger partial charge >= 0.3 is 0 Å². The normalized spacial score (nSPS) is 11.5. The van der Waals surface area contributed by atoms with Gasteiger partial charge in [0.05, 0.1) is 13.7 Å². The molecule has 1 heterocycles. The molecule has 5 nitrogen and oxygen atoms in total. The third kappa shape index (κ3) is 4.32. The van der Waals surface area contributed by atoms with Gasteiger partial charge in [0.1, 0.15) is 17.1 Å². The molecular formula is C20H23N3O2. The summed E-state index contributed by atoms with van der Waals surface area (Å²) < 4.78 is 11.2. The van der Waals surface area contributed by atoms with E-state index in [0.717, 1.165) is 41.4 Å². The van der Waals surface area contributed by atoms with E-state index < -0.39 is 0 Å². The minimum atomic E-state index is 0.586. The SMILES string of the molecule is CN=C(NCCc1ccccc1OC)NCc1cc2ccccc2o1. The summed E-state index contributed by atoms with van der Waals surface area (Å²) in [7, 11) is 3.46. The fourth-order valence-corrected chi connectivity index (χ4v) is 2.74. The summed E-state index contributed by atoms with van der Waals surface area (Å²) in [5.41, 5.74) is 2.07. The number of para-hydroxylation sites is 2. The lowest BCUT2D eigenvalue weighted by atomic mass is 10.1. The fraction of sp³-hybridized carbons (Fsp3) is 0.250. The van der Waals surface area contributed by atoms with Crippen molar-refractivity contribution < 1.29 is 9.15 Å². The Morgan fingerprint density at radius 1 is 1.08 bits per heavy atom. The quantitative estimate of drug-likeness (QED) is 0.535. The number of guanidine groups is 1. The van der Waals surface area contributed by atoms with E-state index in [0.29, 0.717) is 6.54 Å². The Morgan fingerprint density at radius 3 is 2.68 bits per heavy atom. The van der Waals surface area contributed by atoms with E-state index in [1.54, 1.807) is 14.2 Å². The van der Waals surface area contributed by atoms with Crippen LogP contribution in [0.3, 0.4) is 0 Å². The number of furan rings is 1. The average Bonchev–Trinajstić information content (AvgIpc) is 3.07. The standard InChI is InChI=1S/C20H23N3O2/c1-21-20(22-12-11-15-7-3-5-9-18(15)24-2)23-14-17-13-16-8-4-6-10-19(16)25-17/h3-10,13H,11-12,14H2,1-2H3,(H2,21,22,23). The molecule has 0 bridgehead atoms. The molecule has 1 aromatic heterocycles. The number of nitrogens with one attached hydrogen (secondary N) is 2. The summed E-state index contributed by atoms with van der Waals surface area (Å²) in [6.07, 6.45) is 0.856. The Balaban J connectivity index is 1.51. The first-order valence-electron chi connectivity index (χ1n) is 8.34. The van der Waals surface area contributed by atoms with Crippen LogP contribution < -0.4 is 15.4 Å². The van der Waals surface area contributed by atoms with E-state index in [-0.39, 0.29) is 0 Å². The van der Waals surface area contributed by atoms with Crippen LogP contribution in [-0.2, 0) is 13.0 Å². The molecule has 0 fully saturated rings. The smallest absolute Gasteiger partial charge is 0.191 e. The van der Waals surface area contributed by atoms with Crippen molar-refractivity contribution in [3.05, 3.63) is 65.9 Å². The van der Waals surface area contributed by atoms with Crippen molar-refractivity contribution in [1.82, 2.24) is 10.6 Å². The van der Waals surface area contributed by atoms with Gasteiger partial charge in [-0.3, -0.25) is 4.99 Å². The molecule has 130 valence electrons. The zero-order valence-electron chi connectivity index (χ0n) is 14.6. The molecular weight excluding hydrogens is 314 g/mol. The van der Waals surface area contributed by atoms with Crippen LogP contribution in [0.5, 0.6) is 5.75 Å². The number of methoxy groups -OCH3 is 1. The summed E-state index contributed by atoms with van der Waals surface area (Å²) >= 11 is 0. The van der Waals surface area contributed by atoms with Gasteiger partial charge in [0.2, 0.25) is 0 Å². The molecule has 0 atom stereocenters. The maximum Gasteiger partial charge on any atom is 0.191 e. The zero-order valence-corrected chi connectivity index (χ0v) is 14.6. The highest BCUT2D eigenvalue weighted by molar-refractivity contribution is 5.80. The van der Waals surface area contributed by atoms with Crippen LogP contribution in [0.2, 0.25) is 0 Å². The van der Waals surface area contributed by atoms with Crippen LogP contribution >= 0.6 is 0 Å². The predicted molar refractivity (Wildman–Crippen MR) is 101 cm³/mol. The summed E-state index contributed by atoms with van der Waals surface area (Å²) in [5, 5.41) is 7.70. The third-order valence-corrected chi connectivity index (χ3v) is 4.01. The molecule has 2 N–H and O–H groups in total. The molecule has 0 aliphatic carbocycles. The number of ether oxygens (including phenoxy) is 1. The van der Waals surface area contributed by atoms with Crippen LogP contribution in [0, 0.1) is 0 Å². The first-order chi connectivity index (χ1) is 12.3. The van der Waals surface area contributed by atoms with E-state index in [1.165, 1.54) is 5.56 Å². The van der Waals surface area contributed by atoms with E-state index in [4.69, 9.17) is 9.15 Å². The summed E-state index contributed by atoms with van der Waals surface area (Å²) in [6.45, 7) is 1.35. The molecule has 0 spiro atoms. The monoisotopic (exact) mass is 337 g/mol. The number of nitrogens with zero attached hydrogens (tertiary/aromatic N) is 1. The zero-order chi connectivity index (χ0) is 17.5. The maximum atomic E-state index is 5.81. The first-order valence-corrected chi connectivity index (χ1v) is 8.34. The van der Waals surface area contributed by atoms with Crippen molar-refractivity contribution in [3.63, 3.8) is 0 Å². The lowest BCUT2D eigenvalue weighted by Gasteiger charge is -2.12. The highest BCUT2D eigenvalue weighted by Gasteiger charge is 2.05. The van der Waals surface area contributed by atoms with E-state index in [2.05, 4.69) is 21.7 Å². The van der Waals surface area contributed by atoms with Gasteiger partial charge in [0.15, 0.2) is 5.96 Å². The van der Waals surface area contributed by atoms with Crippen molar-refractivity contribution >= 4 is 16.9 Å². The van der Waals surface area contributed by atoms with E-state index in [9.17, 15) is 0 Å². The summed E-state index contributed by atoms with van der Waals surface area (Å²) in [4.78, 5) is 4.25. The van der Waals surface area contributed by atoms with Crippen molar-refractivity contribution in [3.8, 4) is 5.75 Å². The minimum absolute atomic E-state index is 0.586. The molecule has 3 aromatic rings. The van der Waals surface area contributed by atoms with Crippen molar-refractivity contribution in [2.24, 2.45) is 4.99 Å². The molecule has 0 saturated carbocycles. The van der Waals surface area contributed by atoms with Gasteiger partial charge in [-0.05, 0) is 30.2 Å². The van der Waals surface area contributed by atoms with Gasteiger partial charge in [-0.15, -0.1) is 0 Å². The van der Waals surface area contributed by atoms with Gasteiger partial charge in [-0.25, -0.2) is 0 Å². The molecule has 0 amide bonds. The molecule has 0 saturated heterocycles. The summed E-state index contributed by atoms with van der Waals surface area (Å²) in [6, 6.07) is 18.1. The lowest BCUT2D eigenvalue weighted by molar-refractivity contribution is 0.409. The number of hydrogen-bond donors (Lipinski definition) is 2. The molecule has 0 unspecified atom stereocenters. The van der Waals surface area contributed by atoms with Crippen molar-refractivity contribution in [1.29, 1.82) is 0 Å². The van der Waals surface area contributed by atoms with Crippen LogP contribution in [0.15, 0.2) is 64.0 Å². The molecule has 3 rings (SSSR count). The topological polar surface area (TPSA) is 58.8 Å². The second kappa shape index (κ2) is 8.24. The minimum Gasteiger partial charge on any atom is -0.496 e. The van der Waals surface area contributed by atoms with Crippen molar-refractivity contribution in [2.45, 2.75) is 13.0 Å².